The summed E-state index contributed by atoms with van der Waals surface area (Å²) in [5.41, 5.74) is 1.26. The molecule has 164 valence electrons. The van der Waals surface area contributed by atoms with E-state index in [1.54, 1.807) is 18.2 Å². The molecule has 0 spiro atoms. The number of thiazole rings is 1. The Morgan fingerprint density at radius 1 is 1.13 bits per heavy atom. The van der Waals surface area contributed by atoms with Crippen LogP contribution in [0.2, 0.25) is 0 Å². The van der Waals surface area contributed by atoms with Crippen molar-refractivity contribution in [3.8, 4) is 5.75 Å². The zero-order valence-electron chi connectivity index (χ0n) is 16.5. The van der Waals surface area contributed by atoms with Gasteiger partial charge in [-0.2, -0.15) is 13.2 Å². The van der Waals surface area contributed by atoms with E-state index in [9.17, 15) is 22.8 Å². The first-order valence-corrected chi connectivity index (χ1v) is 10.00. The number of halogens is 3. The fraction of sp³-hybridized carbons (Fsp3) is 0.250. The van der Waals surface area contributed by atoms with Crippen molar-refractivity contribution >= 4 is 44.3 Å². The highest BCUT2D eigenvalue weighted by Gasteiger charge is 2.28. The highest BCUT2D eigenvalue weighted by atomic mass is 32.1. The number of anilines is 2. The molecule has 0 aliphatic carbocycles. The predicted molar refractivity (Wildman–Crippen MR) is 113 cm³/mol. The summed E-state index contributed by atoms with van der Waals surface area (Å²) in [4.78, 5) is 28.6. The molecule has 0 unspecified atom stereocenters. The molecule has 11 heteroatoms. The number of fused-ring (bicyclic) bond motifs is 1. The van der Waals surface area contributed by atoms with E-state index < -0.39 is 18.7 Å². The Morgan fingerprint density at radius 3 is 2.61 bits per heavy atom. The average molecular weight is 452 g/mol. The van der Waals surface area contributed by atoms with Crippen molar-refractivity contribution in [2.45, 2.75) is 26.1 Å². The van der Waals surface area contributed by atoms with Crippen molar-refractivity contribution in [1.29, 1.82) is 0 Å². The number of rotatable bonds is 6. The van der Waals surface area contributed by atoms with Gasteiger partial charge in [0, 0.05) is 17.3 Å². The fourth-order valence-electron chi connectivity index (χ4n) is 2.55. The molecule has 0 saturated heterocycles. The molecule has 1 aromatic heterocycles. The second-order valence-corrected chi connectivity index (χ2v) is 7.87. The number of urea groups is 1. The number of carbonyl (C=O) groups excluding carboxylic acids is 2. The summed E-state index contributed by atoms with van der Waals surface area (Å²) >= 11 is 1.11. The summed E-state index contributed by atoms with van der Waals surface area (Å²) in [6.07, 6.45) is -4.43. The van der Waals surface area contributed by atoms with Gasteiger partial charge < -0.3 is 15.4 Å². The summed E-state index contributed by atoms with van der Waals surface area (Å²) in [6, 6.07) is 10.3. The lowest BCUT2D eigenvalue weighted by molar-refractivity contribution is -0.153. The van der Waals surface area contributed by atoms with Gasteiger partial charge in [-0.05, 0) is 50.2 Å². The summed E-state index contributed by atoms with van der Waals surface area (Å²) in [5.74, 6) is -0.384. The Morgan fingerprint density at radius 2 is 1.90 bits per heavy atom. The maximum atomic E-state index is 12.6. The molecule has 0 aliphatic rings. The average Bonchev–Trinajstić information content (AvgIpc) is 3.06. The van der Waals surface area contributed by atoms with E-state index in [1.807, 2.05) is 13.8 Å². The van der Waals surface area contributed by atoms with Crippen LogP contribution in [-0.4, -0.2) is 35.7 Å². The minimum atomic E-state index is -4.43. The number of benzene rings is 2. The number of alkyl halides is 3. The van der Waals surface area contributed by atoms with Crippen molar-refractivity contribution in [1.82, 2.24) is 10.3 Å². The minimum Gasteiger partial charge on any atom is -0.484 e. The minimum absolute atomic E-state index is 0.0371. The van der Waals surface area contributed by atoms with Gasteiger partial charge in [-0.15, -0.1) is 0 Å². The molecular formula is C20H19F3N4O3S. The molecule has 3 N–H and O–H groups in total. The summed E-state index contributed by atoms with van der Waals surface area (Å²) in [5, 5.41) is 8.27. The van der Waals surface area contributed by atoms with Crippen molar-refractivity contribution in [2.75, 3.05) is 17.2 Å². The highest BCUT2D eigenvalue weighted by molar-refractivity contribution is 7.22. The number of ether oxygens (including phenoxy) is 1. The molecule has 0 bridgehead atoms. The number of hydrogen-bond acceptors (Lipinski definition) is 5. The number of nitrogens with zero attached hydrogens (tertiary/aromatic N) is 1. The Labute approximate surface area is 179 Å². The monoisotopic (exact) mass is 452 g/mol. The van der Waals surface area contributed by atoms with Gasteiger partial charge in [0.2, 0.25) is 0 Å². The largest absolute Gasteiger partial charge is 0.484 e. The third kappa shape index (κ3) is 6.57. The van der Waals surface area contributed by atoms with Gasteiger partial charge in [-0.3, -0.25) is 10.1 Å². The molecule has 0 radical (unpaired) electrons. The van der Waals surface area contributed by atoms with E-state index in [4.69, 9.17) is 4.74 Å². The van der Waals surface area contributed by atoms with Crippen LogP contribution in [0.3, 0.4) is 0 Å². The normalized spacial score (nSPS) is 11.4. The van der Waals surface area contributed by atoms with Gasteiger partial charge in [0.1, 0.15) is 5.75 Å². The smallest absolute Gasteiger partial charge is 0.422 e. The third-order valence-corrected chi connectivity index (χ3v) is 4.72. The molecule has 0 atom stereocenters. The van der Waals surface area contributed by atoms with Crippen molar-refractivity contribution in [2.24, 2.45) is 0 Å². The second kappa shape index (κ2) is 9.21. The predicted octanol–water partition coefficient (Wildman–Crippen LogP) is 5.02. The Bertz CT molecular complexity index is 1100. The van der Waals surface area contributed by atoms with Gasteiger partial charge in [0.05, 0.1) is 10.2 Å². The lowest BCUT2D eigenvalue weighted by Crippen LogP contribution is -2.34. The molecule has 31 heavy (non-hydrogen) atoms. The molecule has 2 aromatic carbocycles. The van der Waals surface area contributed by atoms with E-state index in [0.717, 1.165) is 11.3 Å². The topological polar surface area (TPSA) is 92.4 Å². The number of aromatic nitrogens is 1. The van der Waals surface area contributed by atoms with Crippen LogP contribution in [0.15, 0.2) is 42.5 Å². The van der Waals surface area contributed by atoms with Crippen LogP contribution in [0.25, 0.3) is 10.2 Å². The molecular weight excluding hydrogens is 433 g/mol. The van der Waals surface area contributed by atoms with Crippen LogP contribution >= 0.6 is 11.3 Å². The number of nitrogens with one attached hydrogen (secondary N) is 3. The molecule has 3 rings (SSSR count). The van der Waals surface area contributed by atoms with Gasteiger partial charge >= 0.3 is 12.2 Å². The lowest BCUT2D eigenvalue weighted by Gasteiger charge is -2.10. The summed E-state index contributed by atoms with van der Waals surface area (Å²) in [6.45, 7) is 2.26. The first kappa shape index (κ1) is 22.3. The molecule has 7 nitrogen and oxygen atoms in total. The molecule has 3 aromatic rings. The van der Waals surface area contributed by atoms with E-state index in [-0.39, 0.29) is 23.0 Å². The van der Waals surface area contributed by atoms with Crippen LogP contribution in [0.1, 0.15) is 24.2 Å². The highest BCUT2D eigenvalue weighted by Crippen LogP contribution is 2.30. The Hall–Kier alpha value is -3.34. The maximum Gasteiger partial charge on any atom is 0.422 e. The molecule has 0 fully saturated rings. The summed E-state index contributed by atoms with van der Waals surface area (Å²) < 4.78 is 42.2. The quantitative estimate of drug-likeness (QED) is 0.490. The molecule has 3 amide bonds. The number of amides is 3. The summed E-state index contributed by atoms with van der Waals surface area (Å²) in [7, 11) is 0. The van der Waals surface area contributed by atoms with E-state index in [2.05, 4.69) is 20.9 Å². The zero-order chi connectivity index (χ0) is 22.6. The second-order valence-electron chi connectivity index (χ2n) is 6.84. The maximum absolute atomic E-state index is 12.6. The standard InChI is InChI=1S/C20H19F3N4O3S/c1-11(2)24-18(29)25-13-5-3-4-12(8-13)17(28)27-19-26-15-7-6-14(9-16(15)31-19)30-10-20(21,22)23/h3-9,11H,10H2,1-2H3,(H2,24,25,29)(H,26,27,28). The van der Waals surface area contributed by atoms with E-state index in [1.165, 1.54) is 24.3 Å². The van der Waals surface area contributed by atoms with Crippen LogP contribution in [0.5, 0.6) is 5.75 Å². The van der Waals surface area contributed by atoms with Crippen LogP contribution < -0.4 is 20.7 Å². The van der Waals surface area contributed by atoms with E-state index >= 15 is 0 Å². The van der Waals surface area contributed by atoms with E-state index in [0.29, 0.717) is 21.5 Å². The third-order valence-electron chi connectivity index (χ3n) is 3.79. The Kier molecular flexibility index (Phi) is 6.64. The van der Waals surface area contributed by atoms with Crippen LogP contribution in [0, 0.1) is 0 Å². The van der Waals surface area contributed by atoms with Gasteiger partial charge in [-0.1, -0.05) is 17.4 Å². The van der Waals surface area contributed by atoms with Gasteiger partial charge in [-0.25, -0.2) is 9.78 Å². The van der Waals surface area contributed by atoms with Crippen molar-refractivity contribution in [3.05, 3.63) is 48.0 Å². The SMILES string of the molecule is CC(C)NC(=O)Nc1cccc(C(=O)Nc2nc3ccc(OCC(F)(F)F)cc3s2)c1. The fourth-order valence-corrected chi connectivity index (χ4v) is 3.44. The van der Waals surface area contributed by atoms with Crippen molar-refractivity contribution < 1.29 is 27.5 Å². The number of hydrogen-bond donors (Lipinski definition) is 3. The zero-order valence-corrected chi connectivity index (χ0v) is 17.4. The van der Waals surface area contributed by atoms with Crippen LogP contribution in [0.4, 0.5) is 28.8 Å². The molecule has 0 aliphatic heterocycles. The molecule has 0 saturated carbocycles. The molecule has 1 heterocycles. The van der Waals surface area contributed by atoms with Crippen LogP contribution in [-0.2, 0) is 0 Å². The first-order valence-electron chi connectivity index (χ1n) is 9.18. The first-order chi connectivity index (χ1) is 14.6. The number of carbonyl (C=O) groups is 2. The van der Waals surface area contributed by atoms with Gasteiger partial charge in [0.15, 0.2) is 11.7 Å². The van der Waals surface area contributed by atoms with Gasteiger partial charge in [0.25, 0.3) is 5.91 Å². The van der Waals surface area contributed by atoms with Crippen molar-refractivity contribution in [3.63, 3.8) is 0 Å². The lowest BCUT2D eigenvalue weighted by atomic mass is 10.2. The Balaban J connectivity index is 1.68.